The second-order valence-corrected chi connectivity index (χ2v) is 7.12. The van der Waals surface area contributed by atoms with Crippen LogP contribution in [0.4, 0.5) is 5.82 Å². The van der Waals surface area contributed by atoms with Crippen LogP contribution < -0.4 is 15.0 Å². The Morgan fingerprint density at radius 2 is 2.40 bits per heavy atom. The van der Waals surface area contributed by atoms with Crippen LogP contribution in [0.1, 0.15) is 10.4 Å². The molecule has 1 N–H and O–H groups in total. The van der Waals surface area contributed by atoms with E-state index < -0.39 is 0 Å². The summed E-state index contributed by atoms with van der Waals surface area (Å²) in [6.45, 7) is 3.00. The van der Waals surface area contributed by atoms with Crippen LogP contribution in [0, 0.1) is 11.8 Å². The average molecular weight is 360 g/mol. The predicted octanol–water partition coefficient (Wildman–Crippen LogP) is 1.43. The Kier molecular flexibility index (Phi) is 4.54. The second-order valence-electron chi connectivity index (χ2n) is 6.34. The van der Waals surface area contributed by atoms with E-state index in [1.54, 1.807) is 7.11 Å². The number of methoxy groups -OCH3 is 1. The van der Waals surface area contributed by atoms with Gasteiger partial charge < -0.3 is 19.7 Å². The third-order valence-electron chi connectivity index (χ3n) is 4.91. The molecule has 0 saturated carbocycles. The topological polar surface area (TPSA) is 76.6 Å². The number of rotatable bonds is 5. The van der Waals surface area contributed by atoms with Crippen molar-refractivity contribution in [2.45, 2.75) is 6.10 Å². The lowest BCUT2D eigenvalue weighted by molar-refractivity contribution is 0.0940. The molecule has 0 radical (unpaired) electrons. The Morgan fingerprint density at radius 1 is 1.48 bits per heavy atom. The van der Waals surface area contributed by atoms with Crippen LogP contribution in [-0.2, 0) is 4.74 Å². The van der Waals surface area contributed by atoms with Gasteiger partial charge in [0.1, 0.15) is 12.1 Å². The summed E-state index contributed by atoms with van der Waals surface area (Å²) in [4.78, 5) is 22.7. The van der Waals surface area contributed by atoms with Gasteiger partial charge in [0.25, 0.3) is 5.91 Å². The van der Waals surface area contributed by atoms with Crippen LogP contribution in [-0.4, -0.2) is 55.3 Å². The smallest absolute Gasteiger partial charge is 0.252 e. The monoisotopic (exact) mass is 360 g/mol. The van der Waals surface area contributed by atoms with Crippen molar-refractivity contribution in [3.63, 3.8) is 0 Å². The minimum atomic E-state index is -0.0138. The average Bonchev–Trinajstić information content (AvgIpc) is 3.37. The summed E-state index contributed by atoms with van der Waals surface area (Å²) in [5.74, 6) is 2.11. The van der Waals surface area contributed by atoms with Gasteiger partial charge in [-0.3, -0.25) is 4.79 Å². The first-order valence-corrected chi connectivity index (χ1v) is 9.22. The molecule has 4 rings (SSSR count). The first-order chi connectivity index (χ1) is 12.2. The first-order valence-electron chi connectivity index (χ1n) is 8.27. The summed E-state index contributed by atoms with van der Waals surface area (Å²) in [6, 6.07) is 3.68. The van der Waals surface area contributed by atoms with Crippen LogP contribution >= 0.6 is 11.3 Å². The number of fused-ring (bicyclic) bond motifs is 1. The van der Waals surface area contributed by atoms with Crippen molar-refractivity contribution in [3.8, 4) is 5.88 Å². The number of aromatic nitrogens is 2. The fourth-order valence-electron chi connectivity index (χ4n) is 3.53. The van der Waals surface area contributed by atoms with Gasteiger partial charge in [-0.05, 0) is 11.4 Å². The maximum absolute atomic E-state index is 12.1. The highest BCUT2D eigenvalue weighted by Crippen LogP contribution is 2.35. The minimum Gasteiger partial charge on any atom is -0.481 e. The van der Waals surface area contributed by atoms with Crippen molar-refractivity contribution < 1.29 is 14.3 Å². The van der Waals surface area contributed by atoms with Crippen LogP contribution in [0.3, 0.4) is 0 Å². The molecule has 132 valence electrons. The van der Waals surface area contributed by atoms with E-state index in [9.17, 15) is 4.79 Å². The Balaban J connectivity index is 1.37. The number of nitrogens with zero attached hydrogens (tertiary/aromatic N) is 3. The van der Waals surface area contributed by atoms with Gasteiger partial charge in [0, 0.05) is 48.5 Å². The number of thiophene rings is 1. The fraction of sp³-hybridized carbons (Fsp3) is 0.471. The molecule has 8 heteroatoms. The van der Waals surface area contributed by atoms with Crippen LogP contribution in [0.5, 0.6) is 5.88 Å². The van der Waals surface area contributed by atoms with Gasteiger partial charge in [-0.15, -0.1) is 0 Å². The fourth-order valence-corrected chi connectivity index (χ4v) is 4.17. The van der Waals surface area contributed by atoms with Crippen LogP contribution in [0.15, 0.2) is 29.2 Å². The van der Waals surface area contributed by atoms with Gasteiger partial charge in [0.15, 0.2) is 0 Å². The third kappa shape index (κ3) is 3.32. The number of carbonyl (C=O) groups excluding carboxylic acids is 1. The largest absolute Gasteiger partial charge is 0.481 e. The Morgan fingerprint density at radius 3 is 3.20 bits per heavy atom. The molecule has 2 aliphatic rings. The predicted molar refractivity (Wildman–Crippen MR) is 94.2 cm³/mol. The zero-order valence-corrected chi connectivity index (χ0v) is 14.7. The SMILES string of the molecule is COc1cc(N2C[C@@H]3[C@H](CNC(=O)c4ccsc4)CO[C@@H]3C2)ncn1. The van der Waals surface area contributed by atoms with Gasteiger partial charge in [-0.2, -0.15) is 11.3 Å². The molecular weight excluding hydrogens is 340 g/mol. The summed E-state index contributed by atoms with van der Waals surface area (Å²) in [6.07, 6.45) is 1.70. The lowest BCUT2D eigenvalue weighted by atomic mass is 9.93. The van der Waals surface area contributed by atoms with E-state index >= 15 is 0 Å². The van der Waals surface area contributed by atoms with Gasteiger partial charge in [0.05, 0.1) is 19.8 Å². The molecule has 2 aliphatic heterocycles. The molecule has 25 heavy (non-hydrogen) atoms. The molecule has 2 aromatic rings. The van der Waals surface area contributed by atoms with Gasteiger partial charge >= 0.3 is 0 Å². The Bertz CT molecular complexity index is 739. The molecule has 2 aromatic heterocycles. The highest BCUT2D eigenvalue weighted by molar-refractivity contribution is 7.08. The van der Waals surface area contributed by atoms with Crippen molar-refractivity contribution in [1.29, 1.82) is 0 Å². The standard InChI is InChI=1S/C17H20N4O3S/c1-23-16-4-15(19-10-20-16)21-6-13-12(8-24-14(13)7-21)5-18-17(22)11-2-3-25-9-11/h2-4,9-10,12-14H,5-8H2,1H3,(H,18,22)/t12-,13-,14-/m1/s1. The van der Waals surface area contributed by atoms with Crippen LogP contribution in [0.25, 0.3) is 0 Å². The summed E-state index contributed by atoms with van der Waals surface area (Å²) in [5.41, 5.74) is 0.724. The van der Waals surface area contributed by atoms with Crippen molar-refractivity contribution in [2.24, 2.45) is 11.8 Å². The zero-order chi connectivity index (χ0) is 17.2. The second kappa shape index (κ2) is 6.97. The summed E-state index contributed by atoms with van der Waals surface area (Å²) >= 11 is 1.53. The van der Waals surface area contributed by atoms with Crippen molar-refractivity contribution in [1.82, 2.24) is 15.3 Å². The van der Waals surface area contributed by atoms with E-state index in [-0.39, 0.29) is 12.0 Å². The molecule has 0 aromatic carbocycles. The number of ether oxygens (including phenoxy) is 2. The Hall–Kier alpha value is -2.19. The summed E-state index contributed by atoms with van der Waals surface area (Å²) in [5, 5.41) is 6.81. The van der Waals surface area contributed by atoms with E-state index in [4.69, 9.17) is 9.47 Å². The molecule has 0 spiro atoms. The van der Waals surface area contributed by atoms with Crippen molar-refractivity contribution in [2.75, 3.05) is 38.3 Å². The Labute approximate surface area is 150 Å². The van der Waals surface area contributed by atoms with E-state index in [0.29, 0.717) is 30.9 Å². The molecule has 2 saturated heterocycles. The van der Waals surface area contributed by atoms with E-state index in [1.807, 2.05) is 22.9 Å². The third-order valence-corrected chi connectivity index (χ3v) is 5.59. The number of nitrogens with one attached hydrogen (secondary N) is 1. The number of carbonyl (C=O) groups is 1. The molecule has 2 fully saturated rings. The van der Waals surface area contributed by atoms with Gasteiger partial charge in [-0.25, -0.2) is 9.97 Å². The first kappa shape index (κ1) is 16.3. The highest BCUT2D eigenvalue weighted by atomic mass is 32.1. The van der Waals surface area contributed by atoms with Gasteiger partial charge in [-0.1, -0.05) is 0 Å². The maximum atomic E-state index is 12.1. The van der Waals surface area contributed by atoms with E-state index in [0.717, 1.165) is 24.5 Å². The van der Waals surface area contributed by atoms with E-state index in [2.05, 4.69) is 20.2 Å². The number of anilines is 1. The molecule has 0 bridgehead atoms. The lowest BCUT2D eigenvalue weighted by Gasteiger charge is -2.21. The van der Waals surface area contributed by atoms with Crippen molar-refractivity contribution >= 4 is 23.1 Å². The van der Waals surface area contributed by atoms with Crippen LogP contribution in [0.2, 0.25) is 0 Å². The lowest BCUT2D eigenvalue weighted by Crippen LogP contribution is -2.34. The zero-order valence-electron chi connectivity index (χ0n) is 13.9. The normalized spacial score (nSPS) is 25.0. The number of amides is 1. The molecule has 1 amide bonds. The highest BCUT2D eigenvalue weighted by Gasteiger charge is 2.44. The van der Waals surface area contributed by atoms with E-state index in [1.165, 1.54) is 17.7 Å². The molecular formula is C17H20N4O3S. The molecule has 0 unspecified atom stereocenters. The minimum absolute atomic E-state index is 0.0138. The molecule has 3 atom stereocenters. The van der Waals surface area contributed by atoms with Crippen molar-refractivity contribution in [3.05, 3.63) is 34.8 Å². The molecule has 7 nitrogen and oxygen atoms in total. The number of hydrogen-bond acceptors (Lipinski definition) is 7. The quantitative estimate of drug-likeness (QED) is 0.869. The molecule has 4 heterocycles. The van der Waals surface area contributed by atoms with Gasteiger partial charge in [0.2, 0.25) is 5.88 Å². The maximum Gasteiger partial charge on any atom is 0.252 e. The summed E-state index contributed by atoms with van der Waals surface area (Å²) < 4.78 is 11.1. The number of hydrogen-bond donors (Lipinski definition) is 1. The summed E-state index contributed by atoms with van der Waals surface area (Å²) in [7, 11) is 1.60. The molecule has 0 aliphatic carbocycles.